The van der Waals surface area contributed by atoms with Crippen LogP contribution in [0.25, 0.3) is 0 Å². The highest BCUT2D eigenvalue weighted by Gasteiger charge is 2.25. The molecule has 0 fully saturated rings. The third-order valence-corrected chi connectivity index (χ3v) is 3.11. The van der Waals surface area contributed by atoms with Gasteiger partial charge in [-0.15, -0.1) is 0 Å². The molecule has 1 rings (SSSR count). The Morgan fingerprint density at radius 2 is 1.75 bits per heavy atom. The molecule has 94 valence electrons. The summed E-state index contributed by atoms with van der Waals surface area (Å²) in [6, 6.07) is 0. The number of unbranched alkanes of at least 4 members (excludes halogenated alkanes) is 2. The van der Waals surface area contributed by atoms with E-state index >= 15 is 0 Å². The quantitative estimate of drug-likeness (QED) is 0.631. The highest BCUT2D eigenvalue weighted by atomic mass is 15.6. The second-order valence-electron chi connectivity index (χ2n) is 4.61. The van der Waals surface area contributed by atoms with E-state index in [-0.39, 0.29) is 0 Å². The molecular weight excluding hydrogens is 198 g/mol. The van der Waals surface area contributed by atoms with Gasteiger partial charge in [0, 0.05) is 13.1 Å². The van der Waals surface area contributed by atoms with Crippen molar-refractivity contribution >= 4 is 6.34 Å². The summed E-state index contributed by atoms with van der Waals surface area (Å²) in [5.74, 6) is 0. The van der Waals surface area contributed by atoms with Crippen LogP contribution in [0.4, 0.5) is 0 Å². The lowest BCUT2D eigenvalue weighted by Crippen LogP contribution is -2.40. The zero-order valence-corrected chi connectivity index (χ0v) is 11.2. The van der Waals surface area contributed by atoms with Crippen LogP contribution in [0.5, 0.6) is 0 Å². The molecule has 1 unspecified atom stereocenters. The molecule has 0 aromatic rings. The Balaban J connectivity index is 2.45. The Morgan fingerprint density at radius 1 is 1.00 bits per heavy atom. The van der Waals surface area contributed by atoms with E-state index in [1.807, 2.05) is 6.34 Å². The molecular formula is C13H27N3. The Hall–Kier alpha value is -0.730. The van der Waals surface area contributed by atoms with Crippen molar-refractivity contribution in [2.75, 3.05) is 13.1 Å². The summed E-state index contributed by atoms with van der Waals surface area (Å²) >= 11 is 0. The average molecular weight is 225 g/mol. The van der Waals surface area contributed by atoms with Crippen molar-refractivity contribution in [1.29, 1.82) is 0 Å². The van der Waals surface area contributed by atoms with Crippen molar-refractivity contribution in [2.24, 2.45) is 5.10 Å². The first-order valence-electron chi connectivity index (χ1n) is 6.89. The maximum atomic E-state index is 4.53. The maximum absolute atomic E-state index is 4.53. The van der Waals surface area contributed by atoms with Crippen LogP contribution < -0.4 is 0 Å². The highest BCUT2D eigenvalue weighted by molar-refractivity contribution is 5.57. The predicted molar refractivity (Wildman–Crippen MR) is 70.4 cm³/mol. The normalized spacial score (nSPS) is 19.8. The van der Waals surface area contributed by atoms with Gasteiger partial charge in [0.05, 0.1) is 0 Å². The molecule has 0 aromatic carbocycles. The van der Waals surface area contributed by atoms with E-state index in [1.54, 1.807) is 0 Å². The minimum atomic E-state index is 0.534. The minimum absolute atomic E-state index is 0.534. The van der Waals surface area contributed by atoms with Crippen molar-refractivity contribution in [1.82, 2.24) is 9.91 Å². The highest BCUT2D eigenvalue weighted by Crippen LogP contribution is 2.19. The fourth-order valence-corrected chi connectivity index (χ4v) is 2.14. The molecule has 0 spiro atoms. The van der Waals surface area contributed by atoms with E-state index in [9.17, 15) is 0 Å². The lowest BCUT2D eigenvalue weighted by molar-refractivity contribution is 0.119. The van der Waals surface area contributed by atoms with Crippen LogP contribution in [-0.2, 0) is 0 Å². The van der Waals surface area contributed by atoms with Crippen LogP contribution >= 0.6 is 0 Å². The summed E-state index contributed by atoms with van der Waals surface area (Å²) < 4.78 is 0. The Kier molecular flexibility index (Phi) is 6.27. The molecule has 0 aliphatic carbocycles. The van der Waals surface area contributed by atoms with Crippen molar-refractivity contribution < 1.29 is 0 Å². The van der Waals surface area contributed by atoms with Gasteiger partial charge in [-0.25, -0.2) is 0 Å². The lowest BCUT2D eigenvalue weighted by atomic mass is 10.2. The minimum Gasteiger partial charge on any atom is -0.339 e. The predicted octanol–water partition coefficient (Wildman–Crippen LogP) is 3.27. The molecule has 0 saturated carbocycles. The van der Waals surface area contributed by atoms with Crippen LogP contribution in [0.3, 0.4) is 0 Å². The topological polar surface area (TPSA) is 18.8 Å². The molecule has 0 aromatic heterocycles. The third-order valence-electron chi connectivity index (χ3n) is 3.11. The van der Waals surface area contributed by atoms with Gasteiger partial charge in [-0.05, 0) is 25.7 Å². The molecule has 0 saturated heterocycles. The molecule has 3 nitrogen and oxygen atoms in total. The molecule has 1 atom stereocenters. The van der Waals surface area contributed by atoms with Gasteiger partial charge in [-0.3, -0.25) is 5.01 Å². The second-order valence-corrected chi connectivity index (χ2v) is 4.61. The van der Waals surface area contributed by atoms with E-state index < -0.39 is 0 Å². The average Bonchev–Trinajstić information content (AvgIpc) is 2.67. The largest absolute Gasteiger partial charge is 0.339 e. The first-order valence-corrected chi connectivity index (χ1v) is 6.89. The summed E-state index contributed by atoms with van der Waals surface area (Å²) in [7, 11) is 0. The molecule has 0 amide bonds. The van der Waals surface area contributed by atoms with E-state index in [1.165, 1.54) is 38.5 Å². The molecule has 1 heterocycles. The summed E-state index contributed by atoms with van der Waals surface area (Å²) in [6.07, 6.45) is 10.1. The van der Waals surface area contributed by atoms with E-state index in [4.69, 9.17) is 0 Å². The monoisotopic (exact) mass is 225 g/mol. The molecule has 16 heavy (non-hydrogen) atoms. The SMILES string of the molecule is CCCCC1N(CCCC)C=NN1CCC. The molecule has 0 bridgehead atoms. The van der Waals surface area contributed by atoms with Gasteiger partial charge < -0.3 is 4.90 Å². The van der Waals surface area contributed by atoms with Crippen molar-refractivity contribution in [2.45, 2.75) is 65.5 Å². The summed E-state index contributed by atoms with van der Waals surface area (Å²) in [4.78, 5) is 2.43. The maximum Gasteiger partial charge on any atom is 0.119 e. The molecule has 0 N–H and O–H groups in total. The first kappa shape index (κ1) is 13.3. The van der Waals surface area contributed by atoms with Crippen molar-refractivity contribution in [3.8, 4) is 0 Å². The van der Waals surface area contributed by atoms with Crippen molar-refractivity contribution in [3.63, 3.8) is 0 Å². The lowest BCUT2D eigenvalue weighted by Gasteiger charge is -2.30. The number of nitrogens with zero attached hydrogens (tertiary/aromatic N) is 3. The Morgan fingerprint density at radius 3 is 2.38 bits per heavy atom. The van der Waals surface area contributed by atoms with Crippen LogP contribution in [0.15, 0.2) is 5.10 Å². The fourth-order valence-electron chi connectivity index (χ4n) is 2.14. The number of hydrogen-bond acceptors (Lipinski definition) is 3. The van der Waals surface area contributed by atoms with Gasteiger partial charge in [0.15, 0.2) is 0 Å². The molecule has 1 aliphatic rings. The standard InChI is InChI=1S/C13H27N3/c1-4-7-9-13-15(11-8-5-2)12-14-16(13)10-6-3/h12-13H,4-11H2,1-3H3. The first-order chi connectivity index (χ1) is 7.83. The van der Waals surface area contributed by atoms with Crippen molar-refractivity contribution in [3.05, 3.63) is 0 Å². The van der Waals surface area contributed by atoms with Gasteiger partial charge >= 0.3 is 0 Å². The molecule has 1 aliphatic heterocycles. The zero-order chi connectivity index (χ0) is 11.8. The van der Waals surface area contributed by atoms with Gasteiger partial charge in [0.25, 0.3) is 0 Å². The van der Waals surface area contributed by atoms with Gasteiger partial charge in [0.1, 0.15) is 12.5 Å². The van der Waals surface area contributed by atoms with E-state index in [0.29, 0.717) is 6.17 Å². The fraction of sp³-hybridized carbons (Fsp3) is 0.923. The summed E-state index contributed by atoms with van der Waals surface area (Å²) in [5, 5.41) is 6.80. The van der Waals surface area contributed by atoms with E-state index in [2.05, 4.69) is 35.8 Å². The van der Waals surface area contributed by atoms with E-state index in [0.717, 1.165) is 13.1 Å². The number of hydrogen-bond donors (Lipinski definition) is 0. The van der Waals surface area contributed by atoms with Gasteiger partial charge in [0.2, 0.25) is 0 Å². The Bertz CT molecular complexity index is 203. The van der Waals surface area contributed by atoms with Crippen LogP contribution in [-0.4, -0.2) is 35.5 Å². The molecule has 3 heteroatoms. The summed E-state index contributed by atoms with van der Waals surface area (Å²) in [5.41, 5.74) is 0. The second kappa shape index (κ2) is 7.53. The number of hydrazone groups is 1. The zero-order valence-electron chi connectivity index (χ0n) is 11.2. The third kappa shape index (κ3) is 3.69. The van der Waals surface area contributed by atoms with Crippen LogP contribution in [0.1, 0.15) is 59.3 Å². The molecule has 0 radical (unpaired) electrons. The number of rotatable bonds is 8. The van der Waals surface area contributed by atoms with Gasteiger partial charge in [-0.2, -0.15) is 5.10 Å². The van der Waals surface area contributed by atoms with Crippen LogP contribution in [0.2, 0.25) is 0 Å². The smallest absolute Gasteiger partial charge is 0.119 e. The Labute approximate surface area is 100 Å². The van der Waals surface area contributed by atoms with Crippen LogP contribution in [0, 0.1) is 0 Å². The van der Waals surface area contributed by atoms with Gasteiger partial charge in [-0.1, -0.05) is 33.6 Å². The summed E-state index contributed by atoms with van der Waals surface area (Å²) in [6.45, 7) is 8.98.